The molecule has 140 valence electrons. The molecule has 0 aliphatic rings. The van der Waals surface area contributed by atoms with Crippen molar-refractivity contribution < 1.29 is 19.5 Å². The number of hydrogen-bond acceptors (Lipinski definition) is 5. The van der Waals surface area contributed by atoms with Crippen LogP contribution in [0.1, 0.15) is 59.8 Å². The molecular weight excluding hydrogens is 310 g/mol. The van der Waals surface area contributed by atoms with E-state index in [2.05, 4.69) is 10.6 Å². The molecule has 0 heterocycles. The van der Waals surface area contributed by atoms with Gasteiger partial charge in [-0.1, -0.05) is 27.7 Å². The van der Waals surface area contributed by atoms with Crippen molar-refractivity contribution in [3.8, 4) is 0 Å². The second kappa shape index (κ2) is 12.0. The minimum atomic E-state index is -0.961. The van der Waals surface area contributed by atoms with Gasteiger partial charge < -0.3 is 21.5 Å². The van der Waals surface area contributed by atoms with Gasteiger partial charge in [-0.3, -0.25) is 14.4 Å². The number of nitrogens with one attached hydrogen (secondary N) is 2. The molecule has 0 aliphatic carbocycles. The highest BCUT2D eigenvalue weighted by Gasteiger charge is 2.21. The van der Waals surface area contributed by atoms with Crippen LogP contribution in [0, 0.1) is 5.92 Å². The lowest BCUT2D eigenvalue weighted by Gasteiger charge is -2.22. The SMILES string of the molecule is CC(C)NC(CCCCNC(=O)C(N)CCC(=O)O)C(=O)C(C)C. The molecule has 0 radical (unpaired) electrons. The Bertz CT molecular complexity index is 411. The van der Waals surface area contributed by atoms with E-state index in [0.717, 1.165) is 19.3 Å². The number of carboxylic acid groups (broad SMARTS) is 1. The van der Waals surface area contributed by atoms with Gasteiger partial charge in [-0.15, -0.1) is 0 Å². The number of nitrogens with two attached hydrogens (primary N) is 1. The maximum atomic E-state index is 12.2. The lowest BCUT2D eigenvalue weighted by atomic mass is 9.96. The molecule has 0 aromatic rings. The largest absolute Gasteiger partial charge is 0.481 e. The molecule has 2 unspecified atom stereocenters. The van der Waals surface area contributed by atoms with E-state index in [1.54, 1.807) is 0 Å². The van der Waals surface area contributed by atoms with Crippen molar-refractivity contribution in [1.29, 1.82) is 0 Å². The first-order valence-electron chi connectivity index (χ1n) is 8.70. The molecule has 2 atom stereocenters. The van der Waals surface area contributed by atoms with Crippen LogP contribution < -0.4 is 16.4 Å². The molecule has 7 nitrogen and oxygen atoms in total. The Balaban J connectivity index is 4.06. The fourth-order valence-electron chi connectivity index (χ4n) is 2.34. The van der Waals surface area contributed by atoms with E-state index >= 15 is 0 Å². The van der Waals surface area contributed by atoms with E-state index in [0.29, 0.717) is 6.54 Å². The number of Topliss-reactive ketones (excluding diaryl/α,β-unsaturated/α-hetero) is 1. The van der Waals surface area contributed by atoms with Gasteiger partial charge >= 0.3 is 5.97 Å². The minimum absolute atomic E-state index is 0.00631. The third kappa shape index (κ3) is 10.3. The first kappa shape index (κ1) is 22.5. The lowest BCUT2D eigenvalue weighted by Crippen LogP contribution is -2.43. The third-order valence-electron chi connectivity index (χ3n) is 3.67. The predicted molar refractivity (Wildman–Crippen MR) is 93.6 cm³/mol. The van der Waals surface area contributed by atoms with E-state index in [1.807, 2.05) is 27.7 Å². The summed E-state index contributed by atoms with van der Waals surface area (Å²) in [5.41, 5.74) is 5.63. The van der Waals surface area contributed by atoms with Crippen molar-refractivity contribution in [3.63, 3.8) is 0 Å². The van der Waals surface area contributed by atoms with Crippen LogP contribution >= 0.6 is 0 Å². The Kier molecular flexibility index (Phi) is 11.2. The molecule has 0 bridgehead atoms. The fourth-order valence-corrected chi connectivity index (χ4v) is 2.34. The third-order valence-corrected chi connectivity index (χ3v) is 3.67. The Morgan fingerprint density at radius 2 is 1.67 bits per heavy atom. The number of rotatable bonds is 13. The summed E-state index contributed by atoms with van der Waals surface area (Å²) < 4.78 is 0. The highest BCUT2D eigenvalue weighted by molar-refractivity contribution is 5.85. The van der Waals surface area contributed by atoms with Crippen molar-refractivity contribution in [2.45, 2.75) is 77.9 Å². The van der Waals surface area contributed by atoms with Crippen molar-refractivity contribution in [3.05, 3.63) is 0 Å². The fraction of sp³-hybridized carbons (Fsp3) is 0.824. The summed E-state index contributed by atoms with van der Waals surface area (Å²) in [6.45, 7) is 8.30. The number of amides is 1. The van der Waals surface area contributed by atoms with Gasteiger partial charge in [-0.05, 0) is 25.7 Å². The average molecular weight is 343 g/mol. The van der Waals surface area contributed by atoms with Crippen LogP contribution in [0.3, 0.4) is 0 Å². The highest BCUT2D eigenvalue weighted by atomic mass is 16.4. The van der Waals surface area contributed by atoms with E-state index in [1.165, 1.54) is 0 Å². The molecular formula is C17H33N3O4. The number of unbranched alkanes of at least 4 members (excludes halogenated alkanes) is 1. The van der Waals surface area contributed by atoms with Crippen LogP contribution in [0.5, 0.6) is 0 Å². The number of carbonyl (C=O) groups is 3. The molecule has 0 rings (SSSR count). The van der Waals surface area contributed by atoms with Crippen molar-refractivity contribution in [2.24, 2.45) is 11.7 Å². The molecule has 0 aliphatic heterocycles. The summed E-state index contributed by atoms with van der Waals surface area (Å²) in [4.78, 5) is 34.3. The van der Waals surface area contributed by atoms with Crippen molar-refractivity contribution in [1.82, 2.24) is 10.6 Å². The maximum Gasteiger partial charge on any atom is 0.303 e. The van der Waals surface area contributed by atoms with E-state index < -0.39 is 12.0 Å². The van der Waals surface area contributed by atoms with Gasteiger partial charge in [-0.2, -0.15) is 0 Å². The lowest BCUT2D eigenvalue weighted by molar-refractivity contribution is -0.137. The second-order valence-electron chi connectivity index (χ2n) is 6.76. The topological polar surface area (TPSA) is 122 Å². The molecule has 0 saturated carbocycles. The summed E-state index contributed by atoms with van der Waals surface area (Å²) in [6.07, 6.45) is 2.31. The molecule has 7 heteroatoms. The Morgan fingerprint density at radius 1 is 1.04 bits per heavy atom. The Labute approximate surface area is 144 Å². The van der Waals surface area contributed by atoms with Gasteiger partial charge in [0.2, 0.25) is 5.91 Å². The highest BCUT2D eigenvalue weighted by Crippen LogP contribution is 2.08. The van der Waals surface area contributed by atoms with Crippen molar-refractivity contribution >= 4 is 17.7 Å². The quantitative estimate of drug-likeness (QED) is 0.371. The predicted octanol–water partition coefficient (Wildman–Crippen LogP) is 1.06. The number of carbonyl (C=O) groups excluding carboxylic acids is 2. The molecule has 24 heavy (non-hydrogen) atoms. The summed E-state index contributed by atoms with van der Waals surface area (Å²) in [5, 5.41) is 14.6. The van der Waals surface area contributed by atoms with Crippen LogP contribution in [0.4, 0.5) is 0 Å². The van der Waals surface area contributed by atoms with Crippen molar-refractivity contribution in [2.75, 3.05) is 6.54 Å². The summed E-state index contributed by atoms with van der Waals surface area (Å²) >= 11 is 0. The summed E-state index contributed by atoms with van der Waals surface area (Å²) in [7, 11) is 0. The molecule has 0 aromatic carbocycles. The number of ketones is 1. The molecule has 0 saturated heterocycles. The van der Waals surface area contributed by atoms with Crippen LogP contribution in [-0.2, 0) is 14.4 Å². The monoisotopic (exact) mass is 343 g/mol. The van der Waals surface area contributed by atoms with Crippen LogP contribution in [0.2, 0.25) is 0 Å². The van der Waals surface area contributed by atoms with Crippen LogP contribution in [0.15, 0.2) is 0 Å². The minimum Gasteiger partial charge on any atom is -0.481 e. The zero-order chi connectivity index (χ0) is 18.7. The number of carboxylic acids is 1. The van der Waals surface area contributed by atoms with E-state index in [-0.39, 0.29) is 42.5 Å². The van der Waals surface area contributed by atoms with Crippen LogP contribution in [-0.4, -0.2) is 47.4 Å². The van der Waals surface area contributed by atoms with Gasteiger partial charge in [0.25, 0.3) is 0 Å². The normalized spacial score (nSPS) is 13.8. The first-order valence-corrected chi connectivity index (χ1v) is 8.70. The Morgan fingerprint density at radius 3 is 2.17 bits per heavy atom. The Hall–Kier alpha value is -1.47. The smallest absolute Gasteiger partial charge is 0.303 e. The van der Waals surface area contributed by atoms with E-state index in [9.17, 15) is 14.4 Å². The molecule has 5 N–H and O–H groups in total. The van der Waals surface area contributed by atoms with Gasteiger partial charge in [0.1, 0.15) is 0 Å². The zero-order valence-electron chi connectivity index (χ0n) is 15.3. The molecule has 0 spiro atoms. The van der Waals surface area contributed by atoms with Gasteiger partial charge in [-0.25, -0.2) is 0 Å². The summed E-state index contributed by atoms with van der Waals surface area (Å²) in [5.74, 6) is -1.08. The van der Waals surface area contributed by atoms with E-state index in [4.69, 9.17) is 10.8 Å². The molecule has 0 aromatic heterocycles. The molecule has 0 fully saturated rings. The van der Waals surface area contributed by atoms with Gasteiger partial charge in [0.15, 0.2) is 5.78 Å². The second-order valence-corrected chi connectivity index (χ2v) is 6.76. The molecule has 1 amide bonds. The maximum absolute atomic E-state index is 12.2. The average Bonchev–Trinajstić information content (AvgIpc) is 2.49. The van der Waals surface area contributed by atoms with Crippen LogP contribution in [0.25, 0.3) is 0 Å². The van der Waals surface area contributed by atoms with Gasteiger partial charge in [0, 0.05) is 24.9 Å². The number of hydrogen-bond donors (Lipinski definition) is 4. The van der Waals surface area contributed by atoms with Gasteiger partial charge in [0.05, 0.1) is 12.1 Å². The standard InChI is InChI=1S/C17H33N3O4/c1-11(2)16(23)14(20-12(3)4)7-5-6-10-19-17(24)13(18)8-9-15(21)22/h11-14,20H,5-10,18H2,1-4H3,(H,19,24)(H,21,22). The first-order chi connectivity index (χ1) is 11.1. The summed E-state index contributed by atoms with van der Waals surface area (Å²) in [6, 6.07) is -0.706. The number of aliphatic carboxylic acids is 1. The zero-order valence-corrected chi connectivity index (χ0v) is 15.3.